The summed E-state index contributed by atoms with van der Waals surface area (Å²) < 4.78 is 7.51. The van der Waals surface area contributed by atoms with Gasteiger partial charge in [0.2, 0.25) is 5.91 Å². The summed E-state index contributed by atoms with van der Waals surface area (Å²) in [4.78, 5) is 17.3. The van der Waals surface area contributed by atoms with Crippen molar-refractivity contribution in [3.05, 3.63) is 78.0 Å². The molecule has 0 bridgehead atoms. The van der Waals surface area contributed by atoms with Crippen molar-refractivity contribution in [2.45, 2.75) is 50.6 Å². The summed E-state index contributed by atoms with van der Waals surface area (Å²) in [5.74, 6) is 1.68. The molecule has 3 aromatic heterocycles. The van der Waals surface area contributed by atoms with E-state index in [1.807, 2.05) is 54.8 Å². The second-order valence-corrected chi connectivity index (χ2v) is 9.46. The van der Waals surface area contributed by atoms with Gasteiger partial charge in [-0.2, -0.15) is 0 Å². The number of rotatable bonds is 8. The average Bonchev–Trinajstić information content (AvgIpc) is 3.46. The number of hydrogen-bond acceptors (Lipinski definition) is 6. The van der Waals surface area contributed by atoms with E-state index < -0.39 is 0 Å². The molecule has 1 aromatic carbocycles. The summed E-state index contributed by atoms with van der Waals surface area (Å²) in [5.41, 5.74) is 3.91. The first-order valence-electron chi connectivity index (χ1n) is 10.9. The van der Waals surface area contributed by atoms with Gasteiger partial charge < -0.3 is 9.73 Å². The SMILES string of the molecule is Cc1cccc(C(C)C)c1NC(=O)C(C)Sc1nnc(-c2cccnc2)n1Cc1ccco1. The number of amides is 1. The van der Waals surface area contributed by atoms with Gasteiger partial charge in [-0.25, -0.2) is 0 Å². The first-order valence-corrected chi connectivity index (χ1v) is 11.7. The molecule has 1 amide bonds. The number of benzene rings is 1. The van der Waals surface area contributed by atoms with Crippen molar-refractivity contribution < 1.29 is 9.21 Å². The maximum atomic E-state index is 13.1. The lowest BCUT2D eigenvalue weighted by molar-refractivity contribution is -0.115. The van der Waals surface area contributed by atoms with Gasteiger partial charge in [0.05, 0.1) is 18.1 Å². The number of nitrogens with zero attached hydrogens (tertiary/aromatic N) is 4. The van der Waals surface area contributed by atoms with Crippen molar-refractivity contribution in [2.75, 3.05) is 5.32 Å². The summed E-state index contributed by atoms with van der Waals surface area (Å²) in [6.45, 7) is 8.60. The zero-order valence-electron chi connectivity index (χ0n) is 19.1. The summed E-state index contributed by atoms with van der Waals surface area (Å²) in [7, 11) is 0. The van der Waals surface area contributed by atoms with Gasteiger partial charge in [0.1, 0.15) is 5.76 Å². The minimum absolute atomic E-state index is 0.0772. The van der Waals surface area contributed by atoms with Crippen molar-refractivity contribution in [1.29, 1.82) is 0 Å². The summed E-state index contributed by atoms with van der Waals surface area (Å²) in [6, 6.07) is 13.6. The van der Waals surface area contributed by atoms with Crippen LogP contribution in [-0.4, -0.2) is 30.9 Å². The lowest BCUT2D eigenvalue weighted by atomic mass is 9.98. The summed E-state index contributed by atoms with van der Waals surface area (Å²) in [6.07, 6.45) is 5.11. The minimum atomic E-state index is -0.383. The Balaban J connectivity index is 1.59. The number of pyridine rings is 1. The number of carbonyl (C=O) groups excluding carboxylic acids is 1. The highest BCUT2D eigenvalue weighted by molar-refractivity contribution is 8.00. The van der Waals surface area contributed by atoms with Gasteiger partial charge in [-0.3, -0.25) is 14.3 Å². The number of anilines is 1. The van der Waals surface area contributed by atoms with E-state index in [9.17, 15) is 4.79 Å². The molecule has 7 nitrogen and oxygen atoms in total. The van der Waals surface area contributed by atoms with Crippen molar-refractivity contribution in [3.63, 3.8) is 0 Å². The molecule has 0 aliphatic heterocycles. The first kappa shape index (κ1) is 22.8. The Labute approximate surface area is 197 Å². The van der Waals surface area contributed by atoms with E-state index in [1.54, 1.807) is 18.7 Å². The van der Waals surface area contributed by atoms with Crippen LogP contribution >= 0.6 is 11.8 Å². The molecule has 1 unspecified atom stereocenters. The number of furan rings is 1. The van der Waals surface area contributed by atoms with Gasteiger partial charge in [0, 0.05) is 23.6 Å². The lowest BCUT2D eigenvalue weighted by Gasteiger charge is -2.18. The van der Waals surface area contributed by atoms with Crippen LogP contribution in [0.2, 0.25) is 0 Å². The predicted molar refractivity (Wildman–Crippen MR) is 130 cm³/mol. The maximum Gasteiger partial charge on any atom is 0.237 e. The third-order valence-electron chi connectivity index (χ3n) is 5.36. The normalized spacial score (nSPS) is 12.2. The minimum Gasteiger partial charge on any atom is -0.467 e. The second-order valence-electron chi connectivity index (χ2n) is 8.16. The zero-order chi connectivity index (χ0) is 23.4. The predicted octanol–water partition coefficient (Wildman–Crippen LogP) is 5.53. The molecule has 0 saturated heterocycles. The number of para-hydroxylation sites is 1. The Bertz CT molecular complexity index is 1220. The van der Waals surface area contributed by atoms with Crippen LogP contribution in [0.15, 0.2) is 70.7 Å². The maximum absolute atomic E-state index is 13.1. The van der Waals surface area contributed by atoms with Crippen LogP contribution in [0.1, 0.15) is 43.6 Å². The average molecular weight is 462 g/mol. The standard InChI is InChI=1S/C25H27N5O2S/c1-16(2)21-11-5-8-17(3)22(21)27-24(31)18(4)33-25-29-28-23(19-9-6-12-26-14-19)30(25)15-20-10-7-13-32-20/h5-14,16,18H,15H2,1-4H3,(H,27,31). The largest absolute Gasteiger partial charge is 0.467 e. The van der Waals surface area contributed by atoms with Gasteiger partial charge in [-0.05, 0) is 55.2 Å². The molecule has 4 aromatic rings. The Morgan fingerprint density at radius 3 is 2.67 bits per heavy atom. The molecule has 3 heterocycles. The van der Waals surface area contributed by atoms with Crippen LogP contribution in [0.4, 0.5) is 5.69 Å². The molecule has 0 aliphatic rings. The summed E-state index contributed by atoms with van der Waals surface area (Å²) in [5, 5.41) is 12.2. The van der Waals surface area contributed by atoms with E-state index in [0.29, 0.717) is 23.4 Å². The number of hydrogen-bond donors (Lipinski definition) is 1. The van der Waals surface area contributed by atoms with E-state index >= 15 is 0 Å². The highest BCUT2D eigenvalue weighted by Gasteiger charge is 2.23. The molecule has 4 rings (SSSR count). The lowest BCUT2D eigenvalue weighted by Crippen LogP contribution is -2.24. The number of carbonyl (C=O) groups is 1. The Hall–Kier alpha value is -3.39. The Morgan fingerprint density at radius 1 is 1.12 bits per heavy atom. The molecule has 1 N–H and O–H groups in total. The number of thioether (sulfide) groups is 1. The van der Waals surface area contributed by atoms with Gasteiger partial charge in [0.15, 0.2) is 11.0 Å². The van der Waals surface area contributed by atoms with E-state index in [0.717, 1.165) is 28.1 Å². The smallest absolute Gasteiger partial charge is 0.237 e. The zero-order valence-corrected chi connectivity index (χ0v) is 20.0. The van der Waals surface area contributed by atoms with Crippen molar-refractivity contribution in [3.8, 4) is 11.4 Å². The highest BCUT2D eigenvalue weighted by Crippen LogP contribution is 2.31. The third kappa shape index (κ3) is 5.17. The molecule has 0 spiro atoms. The van der Waals surface area contributed by atoms with Crippen LogP contribution in [-0.2, 0) is 11.3 Å². The molecule has 0 radical (unpaired) electrons. The number of nitrogens with one attached hydrogen (secondary N) is 1. The van der Waals surface area contributed by atoms with E-state index in [4.69, 9.17) is 4.42 Å². The first-order chi connectivity index (χ1) is 15.9. The van der Waals surface area contributed by atoms with Crippen LogP contribution in [0.3, 0.4) is 0 Å². The molecule has 8 heteroatoms. The molecule has 0 fully saturated rings. The molecule has 0 aliphatic carbocycles. The molecular weight excluding hydrogens is 434 g/mol. The topological polar surface area (TPSA) is 85.8 Å². The van der Waals surface area contributed by atoms with Crippen LogP contribution in [0.5, 0.6) is 0 Å². The van der Waals surface area contributed by atoms with Crippen LogP contribution in [0.25, 0.3) is 11.4 Å². The Morgan fingerprint density at radius 2 is 1.97 bits per heavy atom. The molecular formula is C25H27N5O2S. The number of aryl methyl sites for hydroxylation is 1. The monoisotopic (exact) mass is 461 g/mol. The van der Waals surface area contributed by atoms with Gasteiger partial charge in [0.25, 0.3) is 0 Å². The second kappa shape index (κ2) is 10.0. The van der Waals surface area contributed by atoms with Crippen LogP contribution < -0.4 is 5.32 Å². The van der Waals surface area contributed by atoms with Gasteiger partial charge in [-0.15, -0.1) is 10.2 Å². The molecule has 170 valence electrons. The molecule has 0 saturated carbocycles. The number of aromatic nitrogens is 4. The summed E-state index contributed by atoms with van der Waals surface area (Å²) >= 11 is 1.37. The molecule has 33 heavy (non-hydrogen) atoms. The van der Waals surface area contributed by atoms with Crippen LogP contribution in [0, 0.1) is 6.92 Å². The Kier molecular flexibility index (Phi) is 6.93. The van der Waals surface area contributed by atoms with E-state index in [-0.39, 0.29) is 11.2 Å². The van der Waals surface area contributed by atoms with Crippen molar-refractivity contribution in [2.24, 2.45) is 0 Å². The van der Waals surface area contributed by atoms with Gasteiger partial charge in [-0.1, -0.05) is 43.8 Å². The van der Waals surface area contributed by atoms with Crippen molar-refractivity contribution in [1.82, 2.24) is 19.7 Å². The van der Waals surface area contributed by atoms with E-state index in [2.05, 4.69) is 40.4 Å². The third-order valence-corrected chi connectivity index (χ3v) is 6.44. The fourth-order valence-electron chi connectivity index (χ4n) is 3.56. The quantitative estimate of drug-likeness (QED) is 0.347. The van der Waals surface area contributed by atoms with Gasteiger partial charge >= 0.3 is 0 Å². The fraction of sp³-hybridized carbons (Fsp3) is 0.280. The highest BCUT2D eigenvalue weighted by atomic mass is 32.2. The van der Waals surface area contributed by atoms with E-state index in [1.165, 1.54) is 11.8 Å². The van der Waals surface area contributed by atoms with Crippen molar-refractivity contribution >= 4 is 23.4 Å². The fourth-order valence-corrected chi connectivity index (χ4v) is 4.41. The molecule has 1 atom stereocenters.